The lowest BCUT2D eigenvalue weighted by atomic mass is 10.00. The predicted molar refractivity (Wildman–Crippen MR) is 79.5 cm³/mol. The maximum absolute atomic E-state index is 12.3. The maximum Gasteiger partial charge on any atom is 0.410 e. The standard InChI is InChI=1S/C16H24N2O2/c1-11-5-7-12(8-6-11)14-13(17)9-10-18(14)15(19)20-16(2,3)4/h5-8,13-14H,9-10,17H2,1-4H3/t13-,14-/m0/s1. The van der Waals surface area contributed by atoms with Crippen LogP contribution in [0.5, 0.6) is 0 Å². The van der Waals surface area contributed by atoms with Gasteiger partial charge in [0.25, 0.3) is 0 Å². The van der Waals surface area contributed by atoms with Gasteiger partial charge in [0, 0.05) is 12.6 Å². The van der Waals surface area contributed by atoms with E-state index in [1.54, 1.807) is 4.90 Å². The molecule has 2 rings (SSSR count). The molecule has 0 unspecified atom stereocenters. The summed E-state index contributed by atoms with van der Waals surface area (Å²) in [6.07, 6.45) is 0.522. The van der Waals surface area contributed by atoms with Crippen molar-refractivity contribution in [2.75, 3.05) is 6.54 Å². The fourth-order valence-corrected chi connectivity index (χ4v) is 2.53. The minimum atomic E-state index is -0.485. The van der Waals surface area contributed by atoms with Crippen molar-refractivity contribution in [2.24, 2.45) is 5.73 Å². The van der Waals surface area contributed by atoms with E-state index in [-0.39, 0.29) is 18.2 Å². The van der Waals surface area contributed by atoms with E-state index < -0.39 is 5.60 Å². The summed E-state index contributed by atoms with van der Waals surface area (Å²) in [7, 11) is 0. The molecule has 20 heavy (non-hydrogen) atoms. The summed E-state index contributed by atoms with van der Waals surface area (Å²) in [6.45, 7) is 8.32. The van der Waals surface area contributed by atoms with Crippen LogP contribution in [0, 0.1) is 6.92 Å². The van der Waals surface area contributed by atoms with Crippen LogP contribution in [0.1, 0.15) is 44.4 Å². The number of amides is 1. The first kappa shape index (κ1) is 14.9. The van der Waals surface area contributed by atoms with E-state index >= 15 is 0 Å². The lowest BCUT2D eigenvalue weighted by molar-refractivity contribution is 0.0218. The molecule has 2 N–H and O–H groups in total. The van der Waals surface area contributed by atoms with E-state index in [4.69, 9.17) is 10.5 Å². The first-order valence-electron chi connectivity index (χ1n) is 7.10. The summed E-state index contributed by atoms with van der Waals surface area (Å²) < 4.78 is 5.48. The van der Waals surface area contributed by atoms with Crippen LogP contribution in [0.3, 0.4) is 0 Å². The molecule has 1 heterocycles. The molecule has 0 aliphatic carbocycles. The number of likely N-dealkylation sites (tertiary alicyclic amines) is 1. The van der Waals surface area contributed by atoms with E-state index in [1.807, 2.05) is 52.0 Å². The molecule has 4 nitrogen and oxygen atoms in total. The third-order valence-corrected chi connectivity index (χ3v) is 3.49. The van der Waals surface area contributed by atoms with Crippen LogP contribution in [-0.4, -0.2) is 29.2 Å². The minimum Gasteiger partial charge on any atom is -0.444 e. The van der Waals surface area contributed by atoms with Gasteiger partial charge in [-0.25, -0.2) is 4.79 Å². The van der Waals surface area contributed by atoms with E-state index in [0.29, 0.717) is 6.54 Å². The number of hydrogen-bond donors (Lipinski definition) is 1. The van der Waals surface area contributed by atoms with Gasteiger partial charge in [-0.3, -0.25) is 4.90 Å². The number of nitrogens with zero attached hydrogens (tertiary/aromatic N) is 1. The lowest BCUT2D eigenvalue weighted by Crippen LogP contribution is -2.39. The summed E-state index contributed by atoms with van der Waals surface area (Å²) in [5.74, 6) is 0. The van der Waals surface area contributed by atoms with Crippen LogP contribution in [-0.2, 0) is 4.74 Å². The molecule has 4 heteroatoms. The molecule has 1 aromatic rings. The zero-order chi connectivity index (χ0) is 14.9. The van der Waals surface area contributed by atoms with Gasteiger partial charge in [-0.15, -0.1) is 0 Å². The average Bonchev–Trinajstić information content (AvgIpc) is 2.70. The van der Waals surface area contributed by atoms with Crippen LogP contribution in [0.15, 0.2) is 24.3 Å². The van der Waals surface area contributed by atoms with Crippen molar-refractivity contribution in [3.63, 3.8) is 0 Å². The Morgan fingerprint density at radius 1 is 1.30 bits per heavy atom. The van der Waals surface area contributed by atoms with Gasteiger partial charge in [-0.2, -0.15) is 0 Å². The van der Waals surface area contributed by atoms with Gasteiger partial charge in [0.2, 0.25) is 0 Å². The Bertz CT molecular complexity index is 476. The fraction of sp³-hybridized carbons (Fsp3) is 0.562. The highest BCUT2D eigenvalue weighted by molar-refractivity contribution is 5.69. The molecule has 1 saturated heterocycles. The molecule has 1 amide bonds. The highest BCUT2D eigenvalue weighted by Crippen LogP contribution is 2.32. The number of carbonyl (C=O) groups is 1. The first-order chi connectivity index (χ1) is 9.28. The van der Waals surface area contributed by atoms with Crippen molar-refractivity contribution in [1.82, 2.24) is 4.90 Å². The summed E-state index contributed by atoms with van der Waals surface area (Å²) in [6, 6.07) is 8.06. The number of rotatable bonds is 1. The molecule has 1 fully saturated rings. The van der Waals surface area contributed by atoms with Gasteiger partial charge in [0.15, 0.2) is 0 Å². The molecule has 0 bridgehead atoms. The Morgan fingerprint density at radius 3 is 2.45 bits per heavy atom. The second-order valence-electron chi connectivity index (χ2n) is 6.48. The van der Waals surface area contributed by atoms with Gasteiger partial charge in [0.05, 0.1) is 6.04 Å². The summed E-state index contributed by atoms with van der Waals surface area (Å²) >= 11 is 0. The van der Waals surface area contributed by atoms with Crippen LogP contribution in [0.25, 0.3) is 0 Å². The third-order valence-electron chi connectivity index (χ3n) is 3.49. The topological polar surface area (TPSA) is 55.6 Å². The lowest BCUT2D eigenvalue weighted by Gasteiger charge is -2.30. The van der Waals surface area contributed by atoms with Gasteiger partial charge >= 0.3 is 6.09 Å². The predicted octanol–water partition coefficient (Wildman–Crippen LogP) is 3.00. The summed E-state index contributed by atoms with van der Waals surface area (Å²) in [4.78, 5) is 14.1. The molecule has 0 aromatic heterocycles. The molecule has 0 spiro atoms. The van der Waals surface area contributed by atoms with Crippen LogP contribution >= 0.6 is 0 Å². The van der Waals surface area contributed by atoms with Crippen LogP contribution in [0.4, 0.5) is 4.79 Å². The van der Waals surface area contributed by atoms with Crippen molar-refractivity contribution in [3.8, 4) is 0 Å². The largest absolute Gasteiger partial charge is 0.444 e. The van der Waals surface area contributed by atoms with Crippen molar-refractivity contribution >= 4 is 6.09 Å². The van der Waals surface area contributed by atoms with E-state index in [9.17, 15) is 4.79 Å². The Hall–Kier alpha value is -1.55. The first-order valence-corrected chi connectivity index (χ1v) is 7.10. The zero-order valence-corrected chi connectivity index (χ0v) is 12.7. The highest BCUT2D eigenvalue weighted by atomic mass is 16.6. The monoisotopic (exact) mass is 276 g/mol. The number of carbonyl (C=O) groups excluding carboxylic acids is 1. The van der Waals surface area contributed by atoms with Crippen LogP contribution < -0.4 is 5.73 Å². The van der Waals surface area contributed by atoms with Crippen molar-refractivity contribution in [3.05, 3.63) is 35.4 Å². The number of hydrogen-bond acceptors (Lipinski definition) is 3. The van der Waals surface area contributed by atoms with Crippen molar-refractivity contribution in [2.45, 2.75) is 51.8 Å². The van der Waals surface area contributed by atoms with E-state index in [0.717, 1.165) is 12.0 Å². The molecule has 1 aromatic carbocycles. The van der Waals surface area contributed by atoms with E-state index in [2.05, 4.69) is 0 Å². The second kappa shape index (κ2) is 5.44. The average molecular weight is 276 g/mol. The number of aryl methyl sites for hydroxylation is 1. The molecule has 0 radical (unpaired) electrons. The Kier molecular flexibility index (Phi) is 4.04. The number of benzene rings is 1. The molecular weight excluding hydrogens is 252 g/mol. The number of nitrogens with two attached hydrogens (primary N) is 1. The molecule has 2 atom stereocenters. The minimum absolute atomic E-state index is 0.0368. The summed E-state index contributed by atoms with van der Waals surface area (Å²) in [5, 5.41) is 0. The number of ether oxygens (including phenoxy) is 1. The Morgan fingerprint density at radius 2 is 1.90 bits per heavy atom. The van der Waals surface area contributed by atoms with Gasteiger partial charge in [-0.1, -0.05) is 29.8 Å². The SMILES string of the molecule is Cc1ccc([C@H]2[C@@H](N)CCN2C(=O)OC(C)(C)C)cc1. The molecule has 0 saturated carbocycles. The quantitative estimate of drug-likeness (QED) is 0.858. The second-order valence-corrected chi connectivity index (χ2v) is 6.48. The zero-order valence-electron chi connectivity index (χ0n) is 12.7. The third kappa shape index (κ3) is 3.31. The molecule has 1 aliphatic rings. The highest BCUT2D eigenvalue weighted by Gasteiger charge is 2.38. The van der Waals surface area contributed by atoms with E-state index in [1.165, 1.54) is 5.56 Å². The van der Waals surface area contributed by atoms with Crippen molar-refractivity contribution < 1.29 is 9.53 Å². The normalized spacial score (nSPS) is 22.9. The van der Waals surface area contributed by atoms with Crippen LogP contribution in [0.2, 0.25) is 0 Å². The van der Waals surface area contributed by atoms with Crippen molar-refractivity contribution in [1.29, 1.82) is 0 Å². The summed E-state index contributed by atoms with van der Waals surface area (Å²) in [5.41, 5.74) is 7.98. The molecule has 1 aliphatic heterocycles. The molecular formula is C16H24N2O2. The smallest absolute Gasteiger partial charge is 0.410 e. The van der Waals surface area contributed by atoms with Gasteiger partial charge in [0.1, 0.15) is 5.60 Å². The Balaban J connectivity index is 2.20. The fourth-order valence-electron chi connectivity index (χ4n) is 2.53. The Labute approximate surface area is 120 Å². The molecule has 110 valence electrons. The maximum atomic E-state index is 12.3. The van der Waals surface area contributed by atoms with Gasteiger partial charge in [-0.05, 0) is 39.7 Å². The van der Waals surface area contributed by atoms with Gasteiger partial charge < -0.3 is 10.5 Å².